The van der Waals surface area contributed by atoms with E-state index in [1.807, 2.05) is 6.92 Å². The Morgan fingerprint density at radius 2 is 1.65 bits per heavy atom. The topological polar surface area (TPSA) is 43.1 Å². The summed E-state index contributed by atoms with van der Waals surface area (Å²) >= 11 is 0. The predicted molar refractivity (Wildman–Crippen MR) is 65.4 cm³/mol. The first-order valence-corrected chi connectivity index (χ1v) is 5.24. The SMILES string of the molecule is Cc1cc(C(=O)c2ccc(F)cc2)ccc1N. The fourth-order valence-electron chi connectivity index (χ4n) is 1.58. The van der Waals surface area contributed by atoms with Crippen LogP contribution in [0.4, 0.5) is 10.1 Å². The number of hydrogen-bond acceptors (Lipinski definition) is 2. The largest absolute Gasteiger partial charge is 0.399 e. The van der Waals surface area contributed by atoms with Crippen LogP contribution >= 0.6 is 0 Å². The van der Waals surface area contributed by atoms with Crippen molar-refractivity contribution in [1.82, 2.24) is 0 Å². The lowest BCUT2D eigenvalue weighted by Gasteiger charge is -2.04. The molecule has 0 aliphatic rings. The minimum atomic E-state index is -0.352. The van der Waals surface area contributed by atoms with Crippen molar-refractivity contribution < 1.29 is 9.18 Å². The molecule has 0 unspecified atom stereocenters. The first-order chi connectivity index (χ1) is 8.08. The van der Waals surface area contributed by atoms with E-state index in [2.05, 4.69) is 0 Å². The molecule has 86 valence electrons. The summed E-state index contributed by atoms with van der Waals surface area (Å²) < 4.78 is 12.7. The van der Waals surface area contributed by atoms with E-state index in [1.54, 1.807) is 18.2 Å². The molecule has 0 saturated heterocycles. The second-order valence-electron chi connectivity index (χ2n) is 3.91. The van der Waals surface area contributed by atoms with Crippen LogP contribution in [-0.4, -0.2) is 5.78 Å². The molecule has 0 atom stereocenters. The smallest absolute Gasteiger partial charge is 0.193 e. The van der Waals surface area contributed by atoms with Gasteiger partial charge in [-0.3, -0.25) is 4.79 Å². The molecular weight excluding hydrogens is 217 g/mol. The number of aryl methyl sites for hydroxylation is 1. The van der Waals surface area contributed by atoms with Crippen LogP contribution in [0.2, 0.25) is 0 Å². The third-order valence-electron chi connectivity index (χ3n) is 2.64. The van der Waals surface area contributed by atoms with Gasteiger partial charge in [0.1, 0.15) is 5.82 Å². The highest BCUT2D eigenvalue weighted by Gasteiger charge is 2.09. The molecule has 0 radical (unpaired) electrons. The summed E-state index contributed by atoms with van der Waals surface area (Å²) in [4.78, 5) is 12.1. The van der Waals surface area contributed by atoms with Gasteiger partial charge >= 0.3 is 0 Å². The van der Waals surface area contributed by atoms with Gasteiger partial charge in [-0.05, 0) is 55.0 Å². The molecule has 0 bridgehead atoms. The molecule has 0 heterocycles. The number of nitrogen functional groups attached to an aromatic ring is 1. The zero-order valence-corrected chi connectivity index (χ0v) is 9.41. The summed E-state index contributed by atoms with van der Waals surface area (Å²) in [5.41, 5.74) is 8.23. The lowest BCUT2D eigenvalue weighted by molar-refractivity contribution is 0.103. The first kappa shape index (κ1) is 11.3. The van der Waals surface area contributed by atoms with E-state index in [-0.39, 0.29) is 11.6 Å². The molecule has 0 aliphatic carbocycles. The summed E-state index contributed by atoms with van der Waals surface area (Å²) in [6, 6.07) is 10.6. The van der Waals surface area contributed by atoms with Gasteiger partial charge in [0.2, 0.25) is 0 Å². The quantitative estimate of drug-likeness (QED) is 0.635. The van der Waals surface area contributed by atoms with E-state index in [9.17, 15) is 9.18 Å². The molecule has 0 amide bonds. The molecule has 2 aromatic rings. The van der Waals surface area contributed by atoms with E-state index in [0.29, 0.717) is 16.8 Å². The van der Waals surface area contributed by atoms with Crippen molar-refractivity contribution in [2.75, 3.05) is 5.73 Å². The molecule has 0 aliphatic heterocycles. The van der Waals surface area contributed by atoms with E-state index in [0.717, 1.165) is 5.56 Å². The number of rotatable bonds is 2. The molecule has 0 spiro atoms. The minimum Gasteiger partial charge on any atom is -0.399 e. The Balaban J connectivity index is 2.37. The predicted octanol–water partition coefficient (Wildman–Crippen LogP) is 2.95. The Labute approximate surface area is 98.9 Å². The summed E-state index contributed by atoms with van der Waals surface area (Å²) in [5.74, 6) is -0.483. The van der Waals surface area contributed by atoms with Crippen molar-refractivity contribution in [3.8, 4) is 0 Å². The Bertz CT molecular complexity index is 561. The standard InChI is InChI=1S/C14H12FNO/c1-9-8-11(4-7-13(9)16)14(17)10-2-5-12(15)6-3-10/h2-8H,16H2,1H3. The number of benzene rings is 2. The molecule has 3 heteroatoms. The van der Waals surface area contributed by atoms with Crippen LogP contribution in [0, 0.1) is 12.7 Å². The van der Waals surface area contributed by atoms with Crippen molar-refractivity contribution >= 4 is 11.5 Å². The van der Waals surface area contributed by atoms with Crippen molar-refractivity contribution in [3.63, 3.8) is 0 Å². The lowest BCUT2D eigenvalue weighted by atomic mass is 10.0. The van der Waals surface area contributed by atoms with E-state index < -0.39 is 0 Å². The number of anilines is 1. The molecule has 2 N–H and O–H groups in total. The van der Waals surface area contributed by atoms with E-state index in [1.165, 1.54) is 24.3 Å². The molecule has 2 aromatic carbocycles. The Morgan fingerprint density at radius 3 is 2.24 bits per heavy atom. The number of ketones is 1. The van der Waals surface area contributed by atoms with Crippen LogP contribution in [0.1, 0.15) is 21.5 Å². The highest BCUT2D eigenvalue weighted by Crippen LogP contribution is 2.16. The summed E-state index contributed by atoms with van der Waals surface area (Å²) in [7, 11) is 0. The zero-order valence-electron chi connectivity index (χ0n) is 9.41. The van der Waals surface area contributed by atoms with E-state index in [4.69, 9.17) is 5.73 Å². The monoisotopic (exact) mass is 229 g/mol. The summed E-state index contributed by atoms with van der Waals surface area (Å²) in [5, 5.41) is 0. The van der Waals surface area contributed by atoms with Crippen LogP contribution in [-0.2, 0) is 0 Å². The van der Waals surface area contributed by atoms with Crippen LogP contribution in [0.15, 0.2) is 42.5 Å². The number of carbonyl (C=O) groups excluding carboxylic acids is 1. The van der Waals surface area contributed by atoms with Crippen molar-refractivity contribution in [2.45, 2.75) is 6.92 Å². The van der Waals surface area contributed by atoms with Gasteiger partial charge in [0.25, 0.3) is 0 Å². The number of halogens is 1. The second kappa shape index (κ2) is 4.37. The Morgan fingerprint density at radius 1 is 1.06 bits per heavy atom. The molecule has 2 nitrogen and oxygen atoms in total. The van der Waals surface area contributed by atoms with Gasteiger partial charge in [-0.2, -0.15) is 0 Å². The normalized spacial score (nSPS) is 10.2. The minimum absolute atomic E-state index is 0.131. The summed E-state index contributed by atoms with van der Waals surface area (Å²) in [6.45, 7) is 1.84. The maximum atomic E-state index is 12.7. The Kier molecular flexibility index (Phi) is 2.91. The van der Waals surface area contributed by atoms with Gasteiger partial charge in [0.05, 0.1) is 0 Å². The highest BCUT2D eigenvalue weighted by atomic mass is 19.1. The van der Waals surface area contributed by atoms with E-state index >= 15 is 0 Å². The average molecular weight is 229 g/mol. The van der Waals surface area contributed by atoms with Gasteiger partial charge < -0.3 is 5.73 Å². The maximum absolute atomic E-state index is 12.7. The molecular formula is C14H12FNO. The van der Waals surface area contributed by atoms with Gasteiger partial charge in [0, 0.05) is 16.8 Å². The lowest BCUT2D eigenvalue weighted by Crippen LogP contribution is -2.02. The maximum Gasteiger partial charge on any atom is 0.193 e. The number of hydrogen-bond donors (Lipinski definition) is 1. The molecule has 0 saturated carbocycles. The summed E-state index contributed by atoms with van der Waals surface area (Å²) in [6.07, 6.45) is 0. The number of nitrogens with two attached hydrogens (primary N) is 1. The van der Waals surface area contributed by atoms with Crippen molar-refractivity contribution in [3.05, 3.63) is 65.0 Å². The fraction of sp³-hybridized carbons (Fsp3) is 0.0714. The van der Waals surface area contributed by atoms with Crippen molar-refractivity contribution in [1.29, 1.82) is 0 Å². The third kappa shape index (κ3) is 2.33. The Hall–Kier alpha value is -2.16. The van der Waals surface area contributed by atoms with Crippen LogP contribution in [0.3, 0.4) is 0 Å². The van der Waals surface area contributed by atoms with Gasteiger partial charge in [0.15, 0.2) is 5.78 Å². The zero-order chi connectivity index (χ0) is 12.4. The molecule has 0 aromatic heterocycles. The third-order valence-corrected chi connectivity index (χ3v) is 2.64. The second-order valence-corrected chi connectivity index (χ2v) is 3.91. The van der Waals surface area contributed by atoms with Crippen LogP contribution in [0.5, 0.6) is 0 Å². The number of carbonyl (C=O) groups is 1. The van der Waals surface area contributed by atoms with Crippen LogP contribution in [0.25, 0.3) is 0 Å². The molecule has 0 fully saturated rings. The van der Waals surface area contributed by atoms with Gasteiger partial charge in [-0.25, -0.2) is 4.39 Å². The van der Waals surface area contributed by atoms with Gasteiger partial charge in [-0.1, -0.05) is 0 Å². The molecule has 17 heavy (non-hydrogen) atoms. The molecule has 2 rings (SSSR count). The van der Waals surface area contributed by atoms with Crippen LogP contribution < -0.4 is 5.73 Å². The fourth-order valence-corrected chi connectivity index (χ4v) is 1.58. The highest BCUT2D eigenvalue weighted by molar-refractivity contribution is 6.09. The van der Waals surface area contributed by atoms with Gasteiger partial charge in [-0.15, -0.1) is 0 Å². The average Bonchev–Trinajstić information content (AvgIpc) is 2.33. The van der Waals surface area contributed by atoms with Crippen molar-refractivity contribution in [2.24, 2.45) is 0 Å². The first-order valence-electron chi connectivity index (χ1n) is 5.24.